The van der Waals surface area contributed by atoms with E-state index in [1.807, 2.05) is 58.2 Å². The van der Waals surface area contributed by atoms with Crippen LogP contribution in [0.25, 0.3) is 11.3 Å². The Bertz CT molecular complexity index is 1640. The first-order chi connectivity index (χ1) is 25.9. The molecular weight excluding hydrogens is 701 g/mol. The Labute approximate surface area is 327 Å². The van der Waals surface area contributed by atoms with Crippen molar-refractivity contribution in [2.45, 2.75) is 135 Å². The topological polar surface area (TPSA) is 180 Å². The third-order valence-electron chi connectivity index (χ3n) is 11.8. The van der Waals surface area contributed by atoms with Crippen LogP contribution in [0.5, 0.6) is 0 Å². The van der Waals surface area contributed by atoms with Gasteiger partial charge in [0.2, 0.25) is 0 Å². The Morgan fingerprint density at radius 3 is 2.55 bits per heavy atom. The first-order valence-electron chi connectivity index (χ1n) is 19.7. The van der Waals surface area contributed by atoms with Crippen LogP contribution in [0.4, 0.5) is 10.5 Å². The maximum atomic E-state index is 14.0. The van der Waals surface area contributed by atoms with Crippen LogP contribution in [0.3, 0.4) is 0 Å². The highest BCUT2D eigenvalue weighted by Gasteiger charge is 2.59. The highest BCUT2D eigenvalue weighted by Crippen LogP contribution is 2.41. The van der Waals surface area contributed by atoms with Crippen LogP contribution in [-0.4, -0.2) is 114 Å². The Hall–Kier alpha value is -3.82. The van der Waals surface area contributed by atoms with Gasteiger partial charge in [-0.2, -0.15) is 0 Å². The number of ether oxygens (including phenoxy) is 3. The molecule has 10 atom stereocenters. The third kappa shape index (κ3) is 10.3. The summed E-state index contributed by atoms with van der Waals surface area (Å²) in [7, 11) is 8.32. The van der Waals surface area contributed by atoms with Crippen molar-refractivity contribution in [1.82, 2.24) is 30.5 Å². The van der Waals surface area contributed by atoms with Crippen LogP contribution in [0.15, 0.2) is 30.5 Å². The van der Waals surface area contributed by atoms with Crippen molar-refractivity contribution in [2.24, 2.45) is 17.8 Å². The number of cyclic esters (lactones) is 1. The van der Waals surface area contributed by atoms with Gasteiger partial charge >= 0.3 is 12.1 Å². The van der Waals surface area contributed by atoms with E-state index in [4.69, 9.17) is 27.8 Å². The van der Waals surface area contributed by atoms with Gasteiger partial charge in [0, 0.05) is 43.4 Å². The average Bonchev–Trinajstić information content (AvgIpc) is 3.73. The van der Waals surface area contributed by atoms with Gasteiger partial charge in [-0.15, -0.1) is 5.10 Å². The minimum Gasteiger partial charge on any atom is -0.458 e. The number of hydrogen-bond acceptors (Lipinski definition) is 12. The van der Waals surface area contributed by atoms with Crippen molar-refractivity contribution < 1.29 is 33.4 Å². The maximum absolute atomic E-state index is 14.0. The van der Waals surface area contributed by atoms with E-state index >= 15 is 0 Å². The highest BCUT2D eigenvalue weighted by molar-refractivity contribution is 6.15. The second-order valence-electron chi connectivity index (χ2n) is 16.1. The van der Waals surface area contributed by atoms with Gasteiger partial charge in [0.05, 0.1) is 31.7 Å². The lowest BCUT2D eigenvalue weighted by atomic mass is 9.62. The number of fused-ring (bicyclic) bond motifs is 1. The van der Waals surface area contributed by atoms with Crippen molar-refractivity contribution >= 4 is 37.2 Å². The summed E-state index contributed by atoms with van der Waals surface area (Å²) in [5, 5.41) is 15.7. The normalized spacial score (nSPS) is 31.5. The van der Waals surface area contributed by atoms with E-state index in [9.17, 15) is 19.2 Å². The molecule has 1 aromatic heterocycles. The number of nitrogen functional groups attached to an aromatic ring is 1. The van der Waals surface area contributed by atoms with Crippen LogP contribution < -0.4 is 16.4 Å². The van der Waals surface area contributed by atoms with Gasteiger partial charge in [-0.05, 0) is 104 Å². The van der Waals surface area contributed by atoms with Gasteiger partial charge in [0.25, 0.3) is 0 Å². The number of carbonyl (C=O) groups excluding carboxylic acids is 4. The molecule has 1 amide bonds. The number of nitrogens with two attached hydrogens (primary N) is 1. The molecule has 2 aromatic rings. The minimum absolute atomic E-state index is 0.0212. The summed E-state index contributed by atoms with van der Waals surface area (Å²) in [4.78, 5) is 55.3. The van der Waals surface area contributed by atoms with Crippen LogP contribution >= 0.6 is 0 Å². The van der Waals surface area contributed by atoms with Crippen molar-refractivity contribution in [1.29, 1.82) is 0 Å². The van der Waals surface area contributed by atoms with E-state index < -0.39 is 53.1 Å². The zero-order chi connectivity index (χ0) is 40.7. The van der Waals surface area contributed by atoms with Gasteiger partial charge < -0.3 is 30.6 Å². The fourth-order valence-corrected chi connectivity index (χ4v) is 8.13. The Balaban J connectivity index is 1.65. The summed E-state index contributed by atoms with van der Waals surface area (Å²) in [6.07, 6.45) is 3.22. The minimum atomic E-state index is -1.28. The number of benzene rings is 1. The van der Waals surface area contributed by atoms with E-state index in [1.165, 1.54) is 6.92 Å². The molecular formula is C40H62BN7O7. The smallest absolute Gasteiger partial charge is 0.410 e. The van der Waals surface area contributed by atoms with E-state index in [0.717, 1.165) is 11.3 Å². The molecule has 4 rings (SSSR count). The Morgan fingerprint density at radius 2 is 1.89 bits per heavy atom. The lowest BCUT2D eigenvalue weighted by Crippen LogP contribution is -2.62. The molecule has 14 nitrogen and oxygen atoms in total. The molecule has 3 heterocycles. The first-order valence-corrected chi connectivity index (χ1v) is 19.7. The Morgan fingerprint density at radius 1 is 1.18 bits per heavy atom. The van der Waals surface area contributed by atoms with Crippen LogP contribution in [0, 0.1) is 17.8 Å². The number of nitrogens with one attached hydrogen (secondary N) is 2. The van der Waals surface area contributed by atoms with Crippen molar-refractivity contribution in [3.05, 3.63) is 30.5 Å². The van der Waals surface area contributed by atoms with Crippen molar-refractivity contribution in [3.8, 4) is 11.3 Å². The third-order valence-corrected chi connectivity index (χ3v) is 11.8. The molecule has 4 N–H and O–H groups in total. The van der Waals surface area contributed by atoms with Crippen molar-refractivity contribution in [2.75, 3.05) is 32.5 Å². The number of ketones is 2. The first kappa shape index (κ1) is 43.9. The average molecular weight is 764 g/mol. The molecule has 1 aromatic carbocycles. The molecule has 0 aliphatic carbocycles. The predicted octanol–water partition coefficient (Wildman–Crippen LogP) is 4.37. The van der Waals surface area contributed by atoms with Crippen molar-refractivity contribution in [3.63, 3.8) is 0 Å². The summed E-state index contributed by atoms with van der Waals surface area (Å²) < 4.78 is 20.2. The lowest BCUT2D eigenvalue weighted by Gasteiger charge is -2.42. The van der Waals surface area contributed by atoms with Gasteiger partial charge in [0.15, 0.2) is 5.60 Å². The number of Topliss-reactive ketones (excluding diaryl/α,β-unsaturated/α-hetero) is 2. The Kier molecular flexibility index (Phi) is 15.1. The predicted molar refractivity (Wildman–Crippen MR) is 211 cm³/mol. The quantitative estimate of drug-likeness (QED) is 0.0864. The van der Waals surface area contributed by atoms with Crippen LogP contribution in [0.1, 0.15) is 87.5 Å². The monoisotopic (exact) mass is 763 g/mol. The van der Waals surface area contributed by atoms with Gasteiger partial charge in [0.1, 0.15) is 29.3 Å². The SMILES string of the molecule is [B][C@@H]1[C@@H](C)C(=O)[C@@H](C)C(=O)O[C@H](CC)[C@@]2(C)OC(=O)N(CCCCn3cc(-c4cccc(N)c4)nn3)[C@@H]2[C@@H](CCN[C@H](C)C(C)=O)NC[C@H](C)C[C@@]1(C)OC. The van der Waals surface area contributed by atoms with Crippen LogP contribution in [0.2, 0.25) is 5.82 Å². The number of rotatable bonds is 13. The lowest BCUT2D eigenvalue weighted by molar-refractivity contribution is -0.170. The maximum Gasteiger partial charge on any atom is 0.410 e. The molecule has 0 unspecified atom stereocenters. The van der Waals surface area contributed by atoms with E-state index in [0.29, 0.717) is 64.0 Å². The molecule has 302 valence electrons. The number of unbranched alkanes of at least 4 members (excludes halogenated alkanes) is 1. The standard InChI is InChI=1S/C40H62BN7O7/c1-10-33-40(8)36(48(38(52)55-40)19-12-11-18-47-23-32(45-46-47)29-14-13-15-30(42)20-29)31(16-17-43-27(5)28(6)49)44-22-24(2)21-39(7,53-9)35(41)25(3)34(50)26(4)37(51)54-33/h13-15,20,23-27,31,33,35-36,43-44H,10-12,16-19,21-22,42H2,1-9H3/t24-,25+,26-,27-,31-,33-,35-,36-,39-,40-/m1/s1. The fourth-order valence-electron chi connectivity index (χ4n) is 8.13. The molecule has 2 aliphatic rings. The number of amides is 1. The number of methoxy groups -OCH3 is 1. The molecule has 0 bridgehead atoms. The summed E-state index contributed by atoms with van der Waals surface area (Å²) in [6, 6.07) is 6.20. The second kappa shape index (κ2) is 18.9. The number of anilines is 1. The molecule has 15 heteroatoms. The molecule has 0 saturated carbocycles. The molecule has 0 spiro atoms. The largest absolute Gasteiger partial charge is 0.458 e. The van der Waals surface area contributed by atoms with Crippen LogP contribution in [-0.2, 0) is 35.1 Å². The van der Waals surface area contributed by atoms with E-state index in [2.05, 4.69) is 27.9 Å². The molecule has 2 aliphatic heterocycles. The second-order valence-corrected chi connectivity index (χ2v) is 16.1. The number of aryl methyl sites for hydroxylation is 1. The van der Waals surface area contributed by atoms with Gasteiger partial charge in [-0.1, -0.05) is 38.1 Å². The molecule has 55 heavy (non-hydrogen) atoms. The van der Waals surface area contributed by atoms with Gasteiger partial charge in [-0.3, -0.25) is 24.0 Å². The summed E-state index contributed by atoms with van der Waals surface area (Å²) in [6.45, 7) is 16.3. The summed E-state index contributed by atoms with van der Waals surface area (Å²) in [5.74, 6) is -3.45. The number of hydrogen-bond donors (Lipinski definition) is 3. The zero-order valence-electron chi connectivity index (χ0n) is 34.2. The summed E-state index contributed by atoms with van der Waals surface area (Å²) >= 11 is 0. The molecule has 2 saturated heterocycles. The van der Waals surface area contributed by atoms with E-state index in [-0.39, 0.29) is 29.6 Å². The fraction of sp³-hybridized carbons (Fsp3) is 0.700. The highest BCUT2D eigenvalue weighted by atomic mass is 16.6. The number of aromatic nitrogens is 3. The number of carbonyl (C=O) groups is 4. The number of esters is 1. The van der Waals surface area contributed by atoms with Gasteiger partial charge in [-0.25, -0.2) is 4.79 Å². The summed E-state index contributed by atoms with van der Waals surface area (Å²) in [5.41, 5.74) is 6.06. The van der Waals surface area contributed by atoms with E-state index in [1.54, 1.807) is 30.5 Å². The zero-order valence-corrected chi connectivity index (χ0v) is 34.2. The number of nitrogens with zero attached hydrogens (tertiary/aromatic N) is 4. The molecule has 2 radical (unpaired) electrons. The molecule has 2 fully saturated rings.